The molecule has 0 radical (unpaired) electrons. The predicted octanol–water partition coefficient (Wildman–Crippen LogP) is 4.79. The van der Waals surface area contributed by atoms with E-state index in [9.17, 15) is 9.90 Å². The van der Waals surface area contributed by atoms with Crippen molar-refractivity contribution in [2.45, 2.75) is 97.6 Å². The molecule has 172 valence electrons. The molecule has 30 heavy (non-hydrogen) atoms. The predicted molar refractivity (Wildman–Crippen MR) is 120 cm³/mol. The lowest BCUT2D eigenvalue weighted by molar-refractivity contribution is -0.170. The minimum Gasteiger partial charge on any atom is -0.469 e. The molecule has 0 aromatic heterocycles. The number of esters is 1. The van der Waals surface area contributed by atoms with Crippen molar-refractivity contribution in [1.82, 2.24) is 5.32 Å². The number of ether oxygens (including phenoxy) is 1. The third-order valence-corrected chi connectivity index (χ3v) is 10.3. The Morgan fingerprint density at radius 1 is 1.10 bits per heavy atom. The van der Waals surface area contributed by atoms with Crippen LogP contribution in [0, 0.1) is 46.3 Å². The highest BCUT2D eigenvalue weighted by Gasteiger charge is 2.61. The van der Waals surface area contributed by atoms with Crippen molar-refractivity contribution in [2.75, 3.05) is 13.7 Å². The van der Waals surface area contributed by atoms with Crippen molar-refractivity contribution in [1.29, 1.82) is 0 Å². The van der Waals surface area contributed by atoms with Crippen molar-refractivity contribution in [3.63, 3.8) is 0 Å². The van der Waals surface area contributed by atoms with Crippen molar-refractivity contribution in [3.8, 4) is 0 Å². The molecule has 0 amide bonds. The summed E-state index contributed by atoms with van der Waals surface area (Å²) in [7, 11) is 1.46. The van der Waals surface area contributed by atoms with Crippen molar-refractivity contribution in [3.05, 3.63) is 0 Å². The van der Waals surface area contributed by atoms with Crippen molar-refractivity contribution in [2.24, 2.45) is 46.3 Å². The van der Waals surface area contributed by atoms with Gasteiger partial charge in [0, 0.05) is 6.04 Å². The summed E-state index contributed by atoms with van der Waals surface area (Å²) in [6, 6.07) is 0.670. The molecule has 0 spiro atoms. The lowest BCUT2D eigenvalue weighted by atomic mass is 9.44. The van der Waals surface area contributed by atoms with Gasteiger partial charge in [-0.1, -0.05) is 27.7 Å². The SMILES string of the molecule is COC(=O)C1C[C@@]2(C)C(CC[C@@H]3[C@H]2CC[C@]2(C)C(NCCC(C)C)CC[C@@H]32)CC1O. The molecular formula is C26H45NO3. The summed E-state index contributed by atoms with van der Waals surface area (Å²) < 4.78 is 5.07. The number of rotatable bonds is 5. The lowest BCUT2D eigenvalue weighted by Crippen LogP contribution is -2.57. The molecule has 4 fully saturated rings. The van der Waals surface area contributed by atoms with E-state index >= 15 is 0 Å². The fourth-order valence-corrected chi connectivity index (χ4v) is 8.58. The number of methoxy groups -OCH3 is 1. The quantitative estimate of drug-likeness (QED) is 0.629. The van der Waals surface area contributed by atoms with E-state index in [0.717, 1.165) is 37.1 Å². The van der Waals surface area contributed by atoms with Crippen LogP contribution in [0.4, 0.5) is 0 Å². The average molecular weight is 420 g/mol. The van der Waals surface area contributed by atoms with Crippen LogP contribution in [0.25, 0.3) is 0 Å². The second kappa shape index (κ2) is 8.39. The molecule has 4 aliphatic rings. The van der Waals surface area contributed by atoms with Gasteiger partial charge in [0.05, 0.1) is 19.1 Å². The van der Waals surface area contributed by atoms with Crippen LogP contribution >= 0.6 is 0 Å². The third-order valence-electron chi connectivity index (χ3n) is 10.3. The van der Waals surface area contributed by atoms with Gasteiger partial charge in [-0.2, -0.15) is 0 Å². The molecule has 4 rings (SSSR count). The first-order valence-corrected chi connectivity index (χ1v) is 12.7. The Kier molecular flexibility index (Phi) is 6.31. The highest BCUT2D eigenvalue weighted by molar-refractivity contribution is 5.73. The smallest absolute Gasteiger partial charge is 0.311 e. The second-order valence-electron chi connectivity index (χ2n) is 12.1. The lowest BCUT2D eigenvalue weighted by Gasteiger charge is -2.61. The number of carbonyl (C=O) groups is 1. The summed E-state index contributed by atoms with van der Waals surface area (Å²) in [5.74, 6) is 3.07. The van der Waals surface area contributed by atoms with Gasteiger partial charge in [-0.25, -0.2) is 0 Å². The van der Waals surface area contributed by atoms with Gasteiger partial charge in [0.1, 0.15) is 0 Å². The maximum Gasteiger partial charge on any atom is 0.311 e. The molecule has 0 aromatic carbocycles. The molecule has 0 bridgehead atoms. The summed E-state index contributed by atoms with van der Waals surface area (Å²) in [5.41, 5.74) is 0.600. The van der Waals surface area contributed by atoms with Crippen LogP contribution in [-0.2, 0) is 9.53 Å². The van der Waals surface area contributed by atoms with E-state index < -0.39 is 6.10 Å². The fourth-order valence-electron chi connectivity index (χ4n) is 8.58. The fraction of sp³-hybridized carbons (Fsp3) is 0.962. The summed E-state index contributed by atoms with van der Waals surface area (Å²) in [6.45, 7) is 10.8. The van der Waals surface area contributed by atoms with E-state index in [-0.39, 0.29) is 17.3 Å². The van der Waals surface area contributed by atoms with Crippen LogP contribution < -0.4 is 5.32 Å². The molecular weight excluding hydrogens is 374 g/mol. The second-order valence-corrected chi connectivity index (χ2v) is 12.1. The summed E-state index contributed by atoms with van der Waals surface area (Å²) in [6.07, 6.45) is 10.2. The van der Waals surface area contributed by atoms with Gasteiger partial charge in [-0.3, -0.25) is 4.79 Å². The average Bonchev–Trinajstić information content (AvgIpc) is 3.03. The number of carbonyl (C=O) groups excluding carboxylic acids is 1. The summed E-state index contributed by atoms with van der Waals surface area (Å²) >= 11 is 0. The minimum atomic E-state index is -0.526. The zero-order chi connectivity index (χ0) is 21.7. The zero-order valence-electron chi connectivity index (χ0n) is 20.0. The molecule has 4 heteroatoms. The minimum absolute atomic E-state index is 0.172. The Bertz CT molecular complexity index is 636. The highest BCUT2D eigenvalue weighted by atomic mass is 16.5. The third kappa shape index (κ3) is 3.64. The largest absolute Gasteiger partial charge is 0.469 e. The Morgan fingerprint density at radius 2 is 1.83 bits per heavy atom. The Morgan fingerprint density at radius 3 is 2.53 bits per heavy atom. The van der Waals surface area contributed by atoms with Crippen molar-refractivity contribution < 1.29 is 14.6 Å². The van der Waals surface area contributed by atoms with Gasteiger partial charge < -0.3 is 15.2 Å². The first kappa shape index (κ1) is 22.6. The molecule has 4 saturated carbocycles. The highest BCUT2D eigenvalue weighted by Crippen LogP contribution is 2.66. The standard InChI is InChI=1S/C26H45NO3/c1-16(2)11-13-27-23-9-8-20-18-7-6-17-14-22(28)19(24(29)30-5)15-26(17,4)21(18)10-12-25(20,23)3/h16-23,27-28H,6-15H2,1-5H3/t17?,18-,19?,20-,21+,22?,23?,25-,26-/m0/s1. The maximum atomic E-state index is 12.4. The van der Waals surface area contributed by atoms with E-state index in [1.165, 1.54) is 52.1 Å². The van der Waals surface area contributed by atoms with Gasteiger partial charge in [0.2, 0.25) is 0 Å². The van der Waals surface area contributed by atoms with Crippen LogP contribution in [0.2, 0.25) is 0 Å². The van der Waals surface area contributed by atoms with Gasteiger partial charge in [-0.05, 0) is 105 Å². The summed E-state index contributed by atoms with van der Waals surface area (Å²) in [4.78, 5) is 12.4. The normalized spacial score (nSPS) is 48.0. The molecule has 9 atom stereocenters. The molecule has 2 N–H and O–H groups in total. The number of nitrogens with one attached hydrogen (secondary N) is 1. The molecule has 4 aliphatic carbocycles. The van der Waals surface area contributed by atoms with Crippen LogP contribution in [0.5, 0.6) is 0 Å². The van der Waals surface area contributed by atoms with Crippen LogP contribution in [0.1, 0.15) is 85.5 Å². The first-order chi connectivity index (χ1) is 14.2. The van der Waals surface area contributed by atoms with E-state index in [2.05, 4.69) is 33.0 Å². The van der Waals surface area contributed by atoms with Gasteiger partial charge >= 0.3 is 5.97 Å². The van der Waals surface area contributed by atoms with Crippen LogP contribution in [0.3, 0.4) is 0 Å². The Labute approximate surface area is 183 Å². The molecule has 0 aliphatic heterocycles. The van der Waals surface area contributed by atoms with Gasteiger partial charge in [0.15, 0.2) is 0 Å². The van der Waals surface area contributed by atoms with Crippen molar-refractivity contribution >= 4 is 5.97 Å². The number of fused-ring (bicyclic) bond motifs is 5. The summed E-state index contributed by atoms with van der Waals surface area (Å²) in [5, 5.41) is 14.6. The molecule has 4 nitrogen and oxygen atoms in total. The van der Waals surface area contributed by atoms with Gasteiger partial charge in [0.25, 0.3) is 0 Å². The maximum absolute atomic E-state index is 12.4. The molecule has 0 aromatic rings. The molecule has 0 saturated heterocycles. The van der Waals surface area contributed by atoms with E-state index in [1.54, 1.807) is 0 Å². The Balaban J connectivity index is 1.50. The van der Waals surface area contributed by atoms with Crippen LogP contribution in [-0.4, -0.2) is 36.9 Å². The van der Waals surface area contributed by atoms with E-state index in [1.807, 2.05) is 0 Å². The zero-order valence-corrected chi connectivity index (χ0v) is 20.0. The van der Waals surface area contributed by atoms with E-state index in [4.69, 9.17) is 4.74 Å². The monoisotopic (exact) mass is 419 g/mol. The Hall–Kier alpha value is -0.610. The molecule has 4 unspecified atom stereocenters. The first-order valence-electron chi connectivity index (χ1n) is 12.7. The number of aliphatic hydroxyl groups is 1. The number of hydrogen-bond donors (Lipinski definition) is 2. The molecule has 0 heterocycles. The van der Waals surface area contributed by atoms with Crippen LogP contribution in [0.15, 0.2) is 0 Å². The van der Waals surface area contributed by atoms with E-state index in [0.29, 0.717) is 23.3 Å². The van der Waals surface area contributed by atoms with Gasteiger partial charge in [-0.15, -0.1) is 0 Å². The topological polar surface area (TPSA) is 58.6 Å². The number of aliphatic hydroxyl groups excluding tert-OH is 1. The number of hydrogen-bond acceptors (Lipinski definition) is 4.